The molecule has 52 heavy (non-hydrogen) atoms. The number of ketones is 1. The number of hydrogen-bond donors (Lipinski definition) is 2. The molecule has 8 atom stereocenters. The number of hydrogen-bond acceptors (Lipinski definition) is 4. The Morgan fingerprint density at radius 2 is 1.48 bits per heavy atom. The lowest BCUT2D eigenvalue weighted by Gasteiger charge is -2.71. The fraction of sp³-hybridized carbons (Fsp3) is 0.745. The number of aryl methyl sites for hydroxylation is 1. The molecule has 5 aliphatic carbocycles. The average Bonchev–Trinajstić information content (AvgIpc) is 3.35. The van der Waals surface area contributed by atoms with E-state index < -0.39 is 11.4 Å². The van der Waals surface area contributed by atoms with Gasteiger partial charge in [-0.15, -0.1) is 0 Å². The molecule has 0 aliphatic heterocycles. The predicted octanol–water partition coefficient (Wildman–Crippen LogP) is 12.1. The van der Waals surface area contributed by atoms with E-state index in [9.17, 15) is 14.7 Å². The predicted molar refractivity (Wildman–Crippen MR) is 212 cm³/mol. The van der Waals surface area contributed by atoms with Crippen molar-refractivity contribution in [1.29, 1.82) is 0 Å². The molecule has 0 saturated heterocycles. The van der Waals surface area contributed by atoms with E-state index in [1.807, 2.05) is 12.1 Å². The maximum atomic E-state index is 13.7. The fourth-order valence-electron chi connectivity index (χ4n) is 13.6. The lowest BCUT2D eigenvalue weighted by atomic mass is 9.34. The molecule has 8 unspecified atom stereocenters. The minimum atomic E-state index is -0.880. The van der Waals surface area contributed by atoms with Crippen molar-refractivity contribution in [3.05, 3.63) is 53.3 Å². The minimum absolute atomic E-state index is 0.0144. The summed E-state index contributed by atoms with van der Waals surface area (Å²) in [5, 5.41) is 18.5. The molecule has 4 fully saturated rings. The summed E-state index contributed by atoms with van der Waals surface area (Å²) in [6.45, 7) is 29.3. The number of fused-ring (bicyclic) bond motifs is 7. The van der Waals surface area contributed by atoms with Crippen molar-refractivity contribution < 1.29 is 24.5 Å². The van der Waals surface area contributed by atoms with Crippen LogP contribution in [-0.4, -0.2) is 28.1 Å². The number of carbonyl (C=O) groups excluding carboxylic acids is 1. The molecule has 0 spiro atoms. The third-order valence-corrected chi connectivity index (χ3v) is 15.8. The smallest absolute Gasteiger partial charge is 0.309 e. The van der Waals surface area contributed by atoms with E-state index in [1.54, 1.807) is 31.6 Å². The monoisotopic (exact) mass is 717 g/mol. The number of phenols is 1. The summed E-state index contributed by atoms with van der Waals surface area (Å²) >= 11 is 0. The number of aromatic hydroxyl groups is 1. The maximum Gasteiger partial charge on any atom is 0.309 e. The molecular formula is C47H72O5. The molecule has 290 valence electrons. The van der Waals surface area contributed by atoms with E-state index >= 15 is 0 Å². The number of Topliss-reactive ketones (excluding diaryl/α,β-unsaturated/α-hetero) is 1. The van der Waals surface area contributed by atoms with Crippen LogP contribution in [0.3, 0.4) is 0 Å². The van der Waals surface area contributed by atoms with E-state index in [1.165, 1.54) is 49.7 Å². The van der Waals surface area contributed by atoms with Gasteiger partial charge in [0.15, 0.2) is 5.78 Å². The Morgan fingerprint density at radius 3 is 2.06 bits per heavy atom. The van der Waals surface area contributed by atoms with Crippen LogP contribution in [0.5, 0.6) is 5.75 Å². The molecule has 0 amide bonds. The number of aliphatic carboxylic acids is 1. The van der Waals surface area contributed by atoms with Gasteiger partial charge in [0, 0.05) is 18.3 Å². The van der Waals surface area contributed by atoms with Crippen molar-refractivity contribution in [1.82, 2.24) is 0 Å². The molecule has 0 radical (unpaired) electrons. The molecule has 5 heteroatoms. The highest BCUT2D eigenvalue weighted by Crippen LogP contribution is 2.76. The van der Waals surface area contributed by atoms with Crippen LogP contribution >= 0.6 is 0 Å². The molecular weight excluding hydrogens is 645 g/mol. The van der Waals surface area contributed by atoms with Crippen LogP contribution in [-0.2, 0) is 20.7 Å². The van der Waals surface area contributed by atoms with Gasteiger partial charge in [-0.1, -0.05) is 93.0 Å². The average molecular weight is 717 g/mol. The van der Waals surface area contributed by atoms with Crippen LogP contribution in [0.1, 0.15) is 159 Å². The second-order valence-corrected chi connectivity index (χ2v) is 20.2. The Balaban J connectivity index is 0.000000507. The number of carboxylic acid groups (broad SMARTS) is 1. The third-order valence-electron chi connectivity index (χ3n) is 15.8. The summed E-state index contributed by atoms with van der Waals surface area (Å²) in [5.41, 5.74) is 3.95. The molecule has 5 aliphatic rings. The number of benzene rings is 1. The highest BCUT2D eigenvalue weighted by atomic mass is 16.5. The molecule has 4 saturated carbocycles. The molecule has 0 aromatic heterocycles. The van der Waals surface area contributed by atoms with Crippen LogP contribution in [0.2, 0.25) is 0 Å². The zero-order valence-electron chi connectivity index (χ0n) is 34.7. The Bertz CT molecular complexity index is 1550. The number of carboxylic acids is 1. The largest absolute Gasteiger partial charge is 0.508 e. The normalized spacial score (nSPS) is 36.5. The van der Waals surface area contributed by atoms with Crippen LogP contribution in [0.4, 0.5) is 0 Å². The number of ether oxygens (including phenoxy) is 1. The first kappa shape index (κ1) is 40.6. The van der Waals surface area contributed by atoms with Gasteiger partial charge < -0.3 is 14.9 Å². The standard InChI is InChI=1S/C39H62O4.C8H10O/c1-12-17-39-21-15-29-37(10)18-13-27-35(7,8)30(43-25(4)22-34(5,6)33(41)42)16-20-36(27,9)28(37)14-19-38(29,11)32(39)31(24(2)3)26(40)23-39;1-2-7-3-5-8(9)6-4-7/h24,27-30H,4,12-23H2,1-3,5-11H3,(H,41,42);3-6,9H,2H2,1H3. The van der Waals surface area contributed by atoms with Crippen molar-refractivity contribution >= 4 is 11.8 Å². The topological polar surface area (TPSA) is 83.8 Å². The van der Waals surface area contributed by atoms with Crippen molar-refractivity contribution in [3.8, 4) is 5.75 Å². The van der Waals surface area contributed by atoms with Crippen molar-refractivity contribution in [2.24, 2.45) is 56.2 Å². The second-order valence-electron chi connectivity index (χ2n) is 20.2. The number of phenolic OH excluding ortho intramolecular Hbond substituents is 1. The van der Waals surface area contributed by atoms with Gasteiger partial charge in [-0.25, -0.2) is 0 Å². The SMILES string of the molecule is C=C(CC(C)(C)C(=O)O)OC1CCC2(C)C(CCC3(C)C4CCC5(CCC)CC(=O)C(C(C)C)=C5C4(C)CCC32)C1(C)C.CCc1ccc(O)cc1. The van der Waals surface area contributed by atoms with Crippen molar-refractivity contribution in [2.45, 2.75) is 166 Å². The highest BCUT2D eigenvalue weighted by molar-refractivity contribution is 6.00. The van der Waals surface area contributed by atoms with E-state index in [4.69, 9.17) is 9.84 Å². The van der Waals surface area contributed by atoms with Crippen LogP contribution in [0.15, 0.2) is 47.7 Å². The van der Waals surface area contributed by atoms with Crippen molar-refractivity contribution in [3.63, 3.8) is 0 Å². The molecule has 0 heterocycles. The van der Waals surface area contributed by atoms with Gasteiger partial charge in [0.05, 0.1) is 11.2 Å². The highest BCUT2D eigenvalue weighted by Gasteiger charge is 2.69. The molecule has 0 bridgehead atoms. The molecule has 1 aromatic carbocycles. The zero-order chi connectivity index (χ0) is 38.7. The number of rotatable bonds is 9. The van der Waals surface area contributed by atoms with Gasteiger partial charge in [0.1, 0.15) is 11.9 Å². The van der Waals surface area contributed by atoms with Gasteiger partial charge in [-0.2, -0.15) is 0 Å². The second kappa shape index (κ2) is 14.3. The van der Waals surface area contributed by atoms with Crippen LogP contribution in [0.25, 0.3) is 0 Å². The van der Waals surface area contributed by atoms with Gasteiger partial charge in [0.2, 0.25) is 0 Å². The first-order valence-electron chi connectivity index (χ1n) is 20.8. The number of allylic oxidation sites excluding steroid dienone is 3. The summed E-state index contributed by atoms with van der Waals surface area (Å²) < 4.78 is 6.58. The van der Waals surface area contributed by atoms with E-state index in [0.717, 1.165) is 38.5 Å². The summed E-state index contributed by atoms with van der Waals surface area (Å²) in [7, 11) is 0. The summed E-state index contributed by atoms with van der Waals surface area (Å²) in [5.74, 6) is 2.77. The van der Waals surface area contributed by atoms with E-state index in [-0.39, 0.29) is 33.2 Å². The van der Waals surface area contributed by atoms with Gasteiger partial charge >= 0.3 is 5.97 Å². The Morgan fingerprint density at radius 1 is 0.904 bits per heavy atom. The summed E-state index contributed by atoms with van der Waals surface area (Å²) in [4.78, 5) is 25.4. The van der Waals surface area contributed by atoms with Gasteiger partial charge in [-0.05, 0) is 147 Å². The lowest BCUT2D eigenvalue weighted by Crippen LogP contribution is -2.64. The quantitative estimate of drug-likeness (QED) is 0.249. The third kappa shape index (κ3) is 6.71. The molecule has 1 aromatic rings. The van der Waals surface area contributed by atoms with Crippen LogP contribution in [0, 0.1) is 56.2 Å². The molecule has 5 nitrogen and oxygen atoms in total. The Labute approximate surface area is 316 Å². The molecule has 2 N–H and O–H groups in total. The lowest BCUT2D eigenvalue weighted by molar-refractivity contribution is -0.217. The zero-order valence-corrected chi connectivity index (χ0v) is 34.7. The first-order valence-corrected chi connectivity index (χ1v) is 20.8. The maximum absolute atomic E-state index is 13.7. The summed E-state index contributed by atoms with van der Waals surface area (Å²) in [6, 6.07) is 7.27. The van der Waals surface area contributed by atoms with Crippen LogP contribution < -0.4 is 0 Å². The Hall–Kier alpha value is -2.56. The van der Waals surface area contributed by atoms with E-state index in [0.29, 0.717) is 47.4 Å². The van der Waals surface area contributed by atoms with Gasteiger partial charge in [-0.3, -0.25) is 9.59 Å². The molecule has 6 rings (SSSR count). The minimum Gasteiger partial charge on any atom is -0.508 e. The number of carbonyl (C=O) groups is 2. The fourth-order valence-corrected chi connectivity index (χ4v) is 13.6. The Kier molecular flexibility index (Phi) is 11.1. The summed E-state index contributed by atoms with van der Waals surface area (Å²) in [6.07, 6.45) is 14.1. The van der Waals surface area contributed by atoms with E-state index in [2.05, 4.69) is 68.9 Å². The first-order chi connectivity index (χ1) is 24.1. The van der Waals surface area contributed by atoms with Crippen molar-refractivity contribution in [2.75, 3.05) is 0 Å². The van der Waals surface area contributed by atoms with Gasteiger partial charge in [0.25, 0.3) is 0 Å².